The molecule has 0 radical (unpaired) electrons. The molecular formula is C46H93NO5. The fraction of sp³-hybridized carbons (Fsp3) is 0.957. The van der Waals surface area contributed by atoms with E-state index in [2.05, 4.69) is 44.7 Å². The zero-order valence-electron chi connectivity index (χ0n) is 35.5. The maximum absolute atomic E-state index is 10.6. The molecular weight excluding hydrogens is 647 g/mol. The van der Waals surface area contributed by atoms with Crippen LogP contribution in [0.5, 0.6) is 0 Å². The van der Waals surface area contributed by atoms with E-state index < -0.39 is 12.6 Å². The quantitative estimate of drug-likeness (QED) is 0.0328. The van der Waals surface area contributed by atoms with Crippen LogP contribution in [0.3, 0.4) is 0 Å². The van der Waals surface area contributed by atoms with Crippen LogP contribution in [0.15, 0.2) is 12.2 Å². The summed E-state index contributed by atoms with van der Waals surface area (Å²) < 4.78 is 11.9. The van der Waals surface area contributed by atoms with Crippen LogP contribution in [0.1, 0.15) is 220 Å². The van der Waals surface area contributed by atoms with Crippen molar-refractivity contribution >= 4 is 0 Å². The van der Waals surface area contributed by atoms with Crippen LogP contribution in [-0.4, -0.2) is 72.3 Å². The fourth-order valence-corrected chi connectivity index (χ4v) is 7.24. The van der Waals surface area contributed by atoms with E-state index in [9.17, 15) is 15.3 Å². The van der Waals surface area contributed by atoms with Crippen LogP contribution >= 0.6 is 0 Å². The maximum atomic E-state index is 10.6. The smallest absolute Gasteiger partial charge is 0.154 e. The van der Waals surface area contributed by atoms with Crippen molar-refractivity contribution < 1.29 is 24.8 Å². The molecule has 4 atom stereocenters. The normalized spacial score (nSPS) is 14.5. The number of ether oxygens (including phenoxy) is 2. The lowest BCUT2D eigenvalue weighted by Crippen LogP contribution is -2.29. The average molecular weight is 740 g/mol. The van der Waals surface area contributed by atoms with Gasteiger partial charge in [0, 0.05) is 6.54 Å². The van der Waals surface area contributed by atoms with Crippen molar-refractivity contribution in [2.24, 2.45) is 11.8 Å². The van der Waals surface area contributed by atoms with Gasteiger partial charge in [-0.25, -0.2) is 0 Å². The molecule has 0 aliphatic carbocycles. The minimum atomic E-state index is -0.670. The molecule has 0 fully saturated rings. The van der Waals surface area contributed by atoms with E-state index in [1.807, 2.05) is 0 Å². The summed E-state index contributed by atoms with van der Waals surface area (Å²) in [5, 5.41) is 30.7. The van der Waals surface area contributed by atoms with Gasteiger partial charge in [-0.05, 0) is 95.6 Å². The van der Waals surface area contributed by atoms with Gasteiger partial charge in [0.1, 0.15) is 0 Å². The van der Waals surface area contributed by atoms with Gasteiger partial charge in [0.05, 0.1) is 19.8 Å². The van der Waals surface area contributed by atoms with Gasteiger partial charge < -0.3 is 29.7 Å². The third-order valence-electron chi connectivity index (χ3n) is 10.8. The zero-order chi connectivity index (χ0) is 38.2. The SMILES string of the molecule is CCC/C=C/CC(CCCCCCCC)COC(O)CCCCCN(CCO)CCCCCC(O)OC[C@@H](CCCCCC)CCCCCCCC. The number of hydrogen-bond acceptors (Lipinski definition) is 6. The molecule has 0 spiro atoms. The van der Waals surface area contributed by atoms with Crippen LogP contribution in [-0.2, 0) is 9.47 Å². The third-order valence-corrected chi connectivity index (χ3v) is 10.8. The Morgan fingerprint density at radius 2 is 0.846 bits per heavy atom. The van der Waals surface area contributed by atoms with E-state index >= 15 is 0 Å². The van der Waals surface area contributed by atoms with E-state index in [0.717, 1.165) is 64.5 Å². The Bertz CT molecular complexity index is 706. The fourth-order valence-electron chi connectivity index (χ4n) is 7.24. The van der Waals surface area contributed by atoms with E-state index in [0.29, 0.717) is 44.4 Å². The molecule has 312 valence electrons. The van der Waals surface area contributed by atoms with Gasteiger partial charge in [-0.2, -0.15) is 0 Å². The minimum Gasteiger partial charge on any atom is -0.395 e. The molecule has 0 aromatic heterocycles. The van der Waals surface area contributed by atoms with Crippen molar-refractivity contribution in [3.63, 3.8) is 0 Å². The lowest BCUT2D eigenvalue weighted by molar-refractivity contribution is -0.115. The van der Waals surface area contributed by atoms with Gasteiger partial charge in [0.2, 0.25) is 0 Å². The standard InChI is InChI=1S/C46H93NO5/c1-5-9-13-17-19-25-33-43(31-23-15-11-7-3)41-51-45(49)35-27-21-29-37-47(39-40-48)38-30-22-28-36-46(50)52-42-44(32-24-16-12-8-4)34-26-20-18-14-10-6-2/h15,23,43-46,48-50H,5-14,16-22,24-42H2,1-4H3/b23-15+/t43?,44-,45?,46?/m0/s1. The number of rotatable bonds is 43. The Kier molecular flexibility index (Phi) is 41.3. The number of aliphatic hydroxyl groups is 3. The summed E-state index contributed by atoms with van der Waals surface area (Å²) in [5.74, 6) is 1.07. The molecule has 0 rings (SSSR count). The molecule has 0 bridgehead atoms. The summed E-state index contributed by atoms with van der Waals surface area (Å²) in [7, 11) is 0. The summed E-state index contributed by atoms with van der Waals surface area (Å²) in [6.07, 6.45) is 39.0. The molecule has 0 heterocycles. The highest BCUT2D eigenvalue weighted by atomic mass is 16.6. The van der Waals surface area contributed by atoms with Crippen LogP contribution in [0.2, 0.25) is 0 Å². The van der Waals surface area contributed by atoms with Gasteiger partial charge in [0.25, 0.3) is 0 Å². The molecule has 0 amide bonds. The topological polar surface area (TPSA) is 82.4 Å². The molecule has 52 heavy (non-hydrogen) atoms. The summed E-state index contributed by atoms with van der Waals surface area (Å²) >= 11 is 0. The van der Waals surface area contributed by atoms with Crippen molar-refractivity contribution in [3.8, 4) is 0 Å². The summed E-state index contributed by atoms with van der Waals surface area (Å²) in [5.41, 5.74) is 0. The highest BCUT2D eigenvalue weighted by Gasteiger charge is 2.14. The van der Waals surface area contributed by atoms with Gasteiger partial charge in [-0.3, -0.25) is 0 Å². The Hall–Kier alpha value is -0.500. The largest absolute Gasteiger partial charge is 0.395 e. The van der Waals surface area contributed by atoms with Crippen molar-refractivity contribution in [1.29, 1.82) is 0 Å². The maximum Gasteiger partial charge on any atom is 0.154 e. The van der Waals surface area contributed by atoms with Crippen LogP contribution in [0.4, 0.5) is 0 Å². The van der Waals surface area contributed by atoms with Gasteiger partial charge >= 0.3 is 0 Å². The first-order valence-corrected chi connectivity index (χ1v) is 23.1. The first-order valence-electron chi connectivity index (χ1n) is 23.1. The Labute approximate surface area is 325 Å². The molecule has 0 saturated carbocycles. The number of allylic oxidation sites excluding steroid dienone is 2. The highest BCUT2D eigenvalue weighted by Crippen LogP contribution is 2.21. The first-order chi connectivity index (χ1) is 25.5. The number of hydrogen-bond donors (Lipinski definition) is 3. The zero-order valence-corrected chi connectivity index (χ0v) is 35.5. The first kappa shape index (κ1) is 51.5. The second-order valence-electron chi connectivity index (χ2n) is 16.0. The molecule has 0 saturated heterocycles. The van der Waals surface area contributed by atoms with Gasteiger partial charge in [-0.15, -0.1) is 0 Å². The molecule has 3 unspecified atom stereocenters. The molecule has 0 aromatic carbocycles. The molecule has 6 heteroatoms. The third kappa shape index (κ3) is 36.5. The number of nitrogens with zero attached hydrogens (tertiary/aromatic N) is 1. The van der Waals surface area contributed by atoms with Crippen molar-refractivity contribution in [2.45, 2.75) is 233 Å². The van der Waals surface area contributed by atoms with Crippen LogP contribution in [0.25, 0.3) is 0 Å². The van der Waals surface area contributed by atoms with Crippen LogP contribution < -0.4 is 0 Å². The van der Waals surface area contributed by atoms with E-state index in [1.165, 1.54) is 128 Å². The second kappa shape index (κ2) is 41.7. The van der Waals surface area contributed by atoms with Crippen LogP contribution in [0, 0.1) is 11.8 Å². The van der Waals surface area contributed by atoms with Crippen molar-refractivity contribution in [1.82, 2.24) is 4.90 Å². The summed E-state index contributed by atoms with van der Waals surface area (Å²) in [6.45, 7) is 13.2. The Balaban J connectivity index is 4.23. The van der Waals surface area contributed by atoms with Crippen molar-refractivity contribution in [3.05, 3.63) is 12.2 Å². The van der Waals surface area contributed by atoms with Gasteiger partial charge in [0.15, 0.2) is 12.6 Å². The predicted octanol–water partition coefficient (Wildman–Crippen LogP) is 12.5. The Morgan fingerprint density at radius 1 is 0.442 bits per heavy atom. The summed E-state index contributed by atoms with van der Waals surface area (Å²) in [4.78, 5) is 2.37. The predicted molar refractivity (Wildman–Crippen MR) is 225 cm³/mol. The lowest BCUT2D eigenvalue weighted by Gasteiger charge is -2.22. The lowest BCUT2D eigenvalue weighted by atomic mass is 9.95. The average Bonchev–Trinajstić information content (AvgIpc) is 3.14. The molecule has 6 nitrogen and oxygen atoms in total. The Morgan fingerprint density at radius 3 is 1.33 bits per heavy atom. The van der Waals surface area contributed by atoms with E-state index in [-0.39, 0.29) is 6.61 Å². The summed E-state index contributed by atoms with van der Waals surface area (Å²) in [6, 6.07) is 0. The van der Waals surface area contributed by atoms with E-state index in [1.54, 1.807) is 0 Å². The molecule has 0 aromatic rings. The number of unbranched alkanes of at least 4 members (excludes halogenated alkanes) is 18. The number of aliphatic hydroxyl groups excluding tert-OH is 3. The molecule has 0 aliphatic rings. The highest BCUT2D eigenvalue weighted by molar-refractivity contribution is 4.84. The minimum absolute atomic E-state index is 0.186. The molecule has 3 N–H and O–H groups in total. The van der Waals surface area contributed by atoms with Gasteiger partial charge in [-0.1, -0.05) is 162 Å². The van der Waals surface area contributed by atoms with Crippen molar-refractivity contribution in [2.75, 3.05) is 39.5 Å². The monoisotopic (exact) mass is 740 g/mol. The second-order valence-corrected chi connectivity index (χ2v) is 16.0. The molecule has 0 aliphatic heterocycles. The van der Waals surface area contributed by atoms with E-state index in [4.69, 9.17) is 9.47 Å².